The zero-order chi connectivity index (χ0) is 12.2. The molecule has 0 amide bonds. The van der Waals surface area contributed by atoms with E-state index >= 15 is 0 Å². The Morgan fingerprint density at radius 3 is 2.44 bits per heavy atom. The largest absolute Gasteiger partial charge is 0.387 e. The maximum absolute atomic E-state index is 9.70. The van der Waals surface area contributed by atoms with Gasteiger partial charge in [0.1, 0.15) is 12.2 Å². The van der Waals surface area contributed by atoms with Crippen LogP contribution in [0.15, 0.2) is 10.2 Å². The fourth-order valence-electron chi connectivity index (χ4n) is 1.40. The minimum Gasteiger partial charge on any atom is -0.387 e. The standard InChI is InChI=1S/C6H10N6O4/c7-11-9-1-3-4(13)5(14)6(15,16-3)2-10-12-8/h3-5,13-15H,1-2H2/t3-,4?,5?,6+/m0/s1. The zero-order valence-electron chi connectivity index (χ0n) is 8.08. The highest BCUT2D eigenvalue weighted by Crippen LogP contribution is 2.29. The monoisotopic (exact) mass is 230 g/mol. The summed E-state index contributed by atoms with van der Waals surface area (Å²) in [4.78, 5) is 4.86. The van der Waals surface area contributed by atoms with E-state index in [-0.39, 0.29) is 6.54 Å². The van der Waals surface area contributed by atoms with Gasteiger partial charge in [-0.05, 0) is 11.1 Å². The van der Waals surface area contributed by atoms with Crippen molar-refractivity contribution in [1.82, 2.24) is 0 Å². The molecule has 1 fully saturated rings. The van der Waals surface area contributed by atoms with Crippen molar-refractivity contribution in [2.24, 2.45) is 10.2 Å². The summed E-state index contributed by atoms with van der Waals surface area (Å²) >= 11 is 0. The zero-order valence-corrected chi connectivity index (χ0v) is 8.08. The Morgan fingerprint density at radius 1 is 1.25 bits per heavy atom. The highest BCUT2D eigenvalue weighted by Gasteiger charge is 2.52. The van der Waals surface area contributed by atoms with Crippen molar-refractivity contribution in [3.63, 3.8) is 0 Å². The first-order chi connectivity index (χ1) is 7.55. The maximum atomic E-state index is 9.70. The number of aliphatic hydroxyl groups excluding tert-OH is 2. The first kappa shape index (κ1) is 12.5. The van der Waals surface area contributed by atoms with E-state index in [0.717, 1.165) is 0 Å². The summed E-state index contributed by atoms with van der Waals surface area (Å²) in [5.74, 6) is -2.15. The van der Waals surface area contributed by atoms with Gasteiger partial charge in [0.15, 0.2) is 0 Å². The van der Waals surface area contributed by atoms with Crippen molar-refractivity contribution < 1.29 is 20.1 Å². The van der Waals surface area contributed by atoms with E-state index in [9.17, 15) is 15.3 Å². The maximum Gasteiger partial charge on any atom is 0.200 e. The molecule has 0 saturated carbocycles. The average Bonchev–Trinajstić information content (AvgIpc) is 2.49. The number of hydrogen-bond acceptors (Lipinski definition) is 6. The van der Waals surface area contributed by atoms with Crippen LogP contribution in [-0.2, 0) is 4.74 Å². The van der Waals surface area contributed by atoms with E-state index in [2.05, 4.69) is 20.1 Å². The van der Waals surface area contributed by atoms with Crippen LogP contribution in [0.2, 0.25) is 0 Å². The highest BCUT2D eigenvalue weighted by molar-refractivity contribution is 4.97. The van der Waals surface area contributed by atoms with Crippen molar-refractivity contribution in [2.45, 2.75) is 24.1 Å². The molecule has 0 aromatic rings. The lowest BCUT2D eigenvalue weighted by Gasteiger charge is -2.23. The van der Waals surface area contributed by atoms with Gasteiger partial charge >= 0.3 is 0 Å². The fourth-order valence-corrected chi connectivity index (χ4v) is 1.40. The quantitative estimate of drug-likeness (QED) is 0.333. The lowest BCUT2D eigenvalue weighted by molar-refractivity contribution is -0.218. The van der Waals surface area contributed by atoms with Gasteiger partial charge in [0.25, 0.3) is 0 Å². The minimum absolute atomic E-state index is 0.243. The molecule has 0 aromatic heterocycles. The summed E-state index contributed by atoms with van der Waals surface area (Å²) < 4.78 is 4.90. The van der Waals surface area contributed by atoms with Crippen LogP contribution < -0.4 is 0 Å². The first-order valence-corrected chi connectivity index (χ1v) is 4.33. The SMILES string of the molecule is [N-]=[N+]=NC[C@@H]1O[C@](O)(CN=[N+]=[N-])C(O)C1O. The summed E-state index contributed by atoms with van der Waals surface area (Å²) in [6.07, 6.45) is -4.08. The number of aliphatic hydroxyl groups is 3. The molecular formula is C6H10N6O4. The number of azide groups is 2. The molecule has 1 heterocycles. The molecule has 0 aromatic carbocycles. The molecule has 1 aliphatic heterocycles. The van der Waals surface area contributed by atoms with Crippen LogP contribution in [0.1, 0.15) is 0 Å². The molecule has 0 radical (unpaired) electrons. The van der Waals surface area contributed by atoms with Crippen molar-refractivity contribution in [2.75, 3.05) is 13.1 Å². The second kappa shape index (κ2) is 4.99. The average molecular weight is 230 g/mol. The molecule has 10 heteroatoms. The third-order valence-corrected chi connectivity index (χ3v) is 2.21. The van der Waals surface area contributed by atoms with Crippen LogP contribution in [0.3, 0.4) is 0 Å². The van der Waals surface area contributed by atoms with Crippen LogP contribution >= 0.6 is 0 Å². The van der Waals surface area contributed by atoms with E-state index in [1.165, 1.54) is 0 Å². The van der Waals surface area contributed by atoms with Crippen LogP contribution in [0, 0.1) is 0 Å². The van der Waals surface area contributed by atoms with Gasteiger partial charge in [0.05, 0.1) is 19.2 Å². The van der Waals surface area contributed by atoms with E-state index in [0.29, 0.717) is 0 Å². The van der Waals surface area contributed by atoms with Gasteiger partial charge in [-0.3, -0.25) is 0 Å². The summed E-state index contributed by atoms with van der Waals surface area (Å²) in [6.45, 7) is -0.790. The Labute approximate surface area is 89.3 Å². The second-order valence-electron chi connectivity index (χ2n) is 3.24. The summed E-state index contributed by atoms with van der Waals surface area (Å²) in [7, 11) is 0. The Bertz CT molecular complexity index is 351. The van der Waals surface area contributed by atoms with Gasteiger partial charge in [-0.25, -0.2) is 0 Å². The molecule has 88 valence electrons. The molecule has 0 bridgehead atoms. The summed E-state index contributed by atoms with van der Waals surface area (Å²) in [6, 6.07) is 0. The van der Waals surface area contributed by atoms with Gasteiger partial charge in [-0.1, -0.05) is 10.2 Å². The second-order valence-corrected chi connectivity index (χ2v) is 3.24. The predicted molar refractivity (Wildman–Crippen MR) is 49.9 cm³/mol. The minimum atomic E-state index is -2.15. The molecule has 3 N–H and O–H groups in total. The number of hydrogen-bond donors (Lipinski definition) is 3. The Kier molecular flexibility index (Phi) is 3.91. The third kappa shape index (κ3) is 2.34. The van der Waals surface area contributed by atoms with Gasteiger partial charge in [-0.15, -0.1) is 0 Å². The predicted octanol–water partition coefficient (Wildman–Crippen LogP) is -0.584. The number of nitrogens with zero attached hydrogens (tertiary/aromatic N) is 6. The van der Waals surface area contributed by atoms with E-state index in [1.807, 2.05) is 0 Å². The smallest absolute Gasteiger partial charge is 0.200 e. The third-order valence-electron chi connectivity index (χ3n) is 2.21. The molecule has 10 nitrogen and oxygen atoms in total. The lowest BCUT2D eigenvalue weighted by Crippen LogP contribution is -2.45. The van der Waals surface area contributed by atoms with Crippen molar-refractivity contribution >= 4 is 0 Å². The van der Waals surface area contributed by atoms with Crippen molar-refractivity contribution in [3.8, 4) is 0 Å². The van der Waals surface area contributed by atoms with Crippen LogP contribution in [0.25, 0.3) is 20.9 Å². The van der Waals surface area contributed by atoms with Gasteiger partial charge in [0.2, 0.25) is 5.79 Å². The summed E-state index contributed by atoms with van der Waals surface area (Å²) in [5.41, 5.74) is 16.2. The van der Waals surface area contributed by atoms with Crippen LogP contribution in [0.4, 0.5) is 0 Å². The van der Waals surface area contributed by atoms with Crippen LogP contribution in [0.5, 0.6) is 0 Å². The molecule has 0 spiro atoms. The lowest BCUT2D eigenvalue weighted by atomic mass is 10.1. The Morgan fingerprint density at radius 2 is 1.88 bits per heavy atom. The number of ether oxygens (including phenoxy) is 1. The normalized spacial score (nSPS) is 37.6. The molecule has 1 rings (SSSR count). The number of rotatable bonds is 4. The Hall–Kier alpha value is -1.54. The first-order valence-electron chi connectivity index (χ1n) is 4.33. The highest BCUT2D eigenvalue weighted by atomic mass is 16.7. The Balaban J connectivity index is 2.76. The molecule has 1 saturated heterocycles. The summed E-state index contributed by atoms with van der Waals surface area (Å²) in [5, 5.41) is 34.8. The van der Waals surface area contributed by atoms with Gasteiger partial charge in [0, 0.05) is 9.82 Å². The molecule has 0 aliphatic carbocycles. The fraction of sp³-hybridized carbons (Fsp3) is 1.00. The topological polar surface area (TPSA) is 167 Å². The molecule has 2 unspecified atom stereocenters. The molecule has 4 atom stereocenters. The van der Waals surface area contributed by atoms with Gasteiger partial charge < -0.3 is 20.1 Å². The van der Waals surface area contributed by atoms with Crippen LogP contribution in [-0.4, -0.2) is 52.5 Å². The van der Waals surface area contributed by atoms with Crippen molar-refractivity contribution in [1.29, 1.82) is 0 Å². The van der Waals surface area contributed by atoms with E-state index < -0.39 is 30.6 Å². The van der Waals surface area contributed by atoms with E-state index in [4.69, 9.17) is 15.8 Å². The molecule has 16 heavy (non-hydrogen) atoms. The molecule has 1 aliphatic rings. The van der Waals surface area contributed by atoms with Crippen molar-refractivity contribution in [3.05, 3.63) is 20.9 Å². The van der Waals surface area contributed by atoms with E-state index in [1.54, 1.807) is 0 Å². The molecular weight excluding hydrogens is 220 g/mol. The van der Waals surface area contributed by atoms with Gasteiger partial charge in [-0.2, -0.15) is 0 Å².